The van der Waals surface area contributed by atoms with Crippen LogP contribution in [0.3, 0.4) is 0 Å². The van der Waals surface area contributed by atoms with E-state index in [2.05, 4.69) is 17.4 Å². The molecule has 0 amide bonds. The maximum atomic E-state index is 3.11. The van der Waals surface area contributed by atoms with Gasteiger partial charge >= 0.3 is 67.8 Å². The van der Waals surface area contributed by atoms with Crippen molar-refractivity contribution in [2.75, 3.05) is 0 Å². The van der Waals surface area contributed by atoms with E-state index in [1.165, 1.54) is 25.7 Å². The Kier molecular flexibility index (Phi) is 16.4. The molecular weight excluding hydrogens is 241 g/mol. The minimum atomic E-state index is 0. The normalized spacial score (nSPS) is 7.50. The quantitative estimate of drug-likeness (QED) is 0.411. The zero-order chi connectivity index (χ0) is 6.95. The van der Waals surface area contributed by atoms with Crippen molar-refractivity contribution in [3.05, 3.63) is 0 Å². The molecule has 2 heteroatoms. The van der Waals surface area contributed by atoms with Crippen molar-refractivity contribution < 1.29 is 18.3 Å². The van der Waals surface area contributed by atoms with Crippen molar-refractivity contribution in [3.63, 3.8) is 0 Å². The van der Waals surface area contributed by atoms with Gasteiger partial charge in [-0.15, -0.1) is 17.0 Å². The van der Waals surface area contributed by atoms with Crippen molar-refractivity contribution in [3.8, 4) is 10.4 Å². The summed E-state index contributed by atoms with van der Waals surface area (Å²) in [5.41, 5.74) is 0. The Morgan fingerprint density at radius 2 is 1.90 bits per heavy atom. The zero-order valence-corrected chi connectivity index (χ0v) is 11.3. The van der Waals surface area contributed by atoms with Crippen LogP contribution in [0.15, 0.2) is 0 Å². The monoisotopic (exact) mass is 253 g/mol. The summed E-state index contributed by atoms with van der Waals surface area (Å²) in [4.78, 5) is 0. The maximum absolute atomic E-state index is 3.11. The zero-order valence-electron chi connectivity index (χ0n) is 6.65. The van der Waals surface area contributed by atoms with Crippen LogP contribution in [0.5, 0.6) is 0 Å². The predicted octanol–water partition coefficient (Wildman–Crippen LogP) is 3.04. The van der Waals surface area contributed by atoms with Crippen molar-refractivity contribution in [2.24, 2.45) is 0 Å². The Hall–Kier alpha value is 0.663. The molecule has 0 aliphatic heterocycles. The van der Waals surface area contributed by atoms with Gasteiger partial charge in [0, 0.05) is 0 Å². The first kappa shape index (κ1) is 13.3. The van der Waals surface area contributed by atoms with Crippen LogP contribution in [0.4, 0.5) is 0 Å². The van der Waals surface area contributed by atoms with Crippen molar-refractivity contribution in [1.29, 1.82) is 0 Å². The number of hydrogen-bond donors (Lipinski definition) is 0. The summed E-state index contributed by atoms with van der Waals surface area (Å²) in [6, 6.07) is 0. The molecule has 0 aromatic heterocycles. The molecule has 0 unspecified atom stereocenters. The number of halogens is 1. The van der Waals surface area contributed by atoms with E-state index in [0.717, 1.165) is 24.7 Å². The average Bonchev–Trinajstić information content (AvgIpc) is 1.89. The Balaban J connectivity index is 0. The topological polar surface area (TPSA) is 0 Å². The van der Waals surface area contributed by atoms with E-state index in [-0.39, 0.29) is 17.0 Å². The van der Waals surface area contributed by atoms with Crippen LogP contribution in [0.1, 0.15) is 39.0 Å². The standard InChI is InChI=1S/C8H13.BrH.Zn/c1-3-5-7-8-6-4-2;;/h3,5-8H2,1H3;1H;. The molecule has 0 nitrogen and oxygen atoms in total. The van der Waals surface area contributed by atoms with Crippen LogP contribution in [-0.2, 0) is 18.3 Å². The van der Waals surface area contributed by atoms with Gasteiger partial charge in [0.05, 0.1) is 0 Å². The van der Waals surface area contributed by atoms with Crippen LogP contribution in [0.2, 0.25) is 0 Å². The SMILES string of the molecule is Br.CCCCCCC#[C][Zn]. The second kappa shape index (κ2) is 12.3. The van der Waals surface area contributed by atoms with Crippen LogP contribution in [-0.4, -0.2) is 0 Å². The summed E-state index contributed by atoms with van der Waals surface area (Å²) in [6.45, 7) is 2.23. The third-order valence-corrected chi connectivity index (χ3v) is 1.80. The van der Waals surface area contributed by atoms with Gasteiger partial charge < -0.3 is 0 Å². The first-order valence-electron chi connectivity index (χ1n) is 3.66. The summed E-state index contributed by atoms with van der Waals surface area (Å²) in [6.07, 6.45) is 6.50. The van der Waals surface area contributed by atoms with Crippen LogP contribution in [0, 0.1) is 10.4 Å². The number of unbranched alkanes of at least 4 members (excludes halogenated alkanes) is 4. The van der Waals surface area contributed by atoms with Gasteiger partial charge in [-0.1, -0.05) is 0 Å². The van der Waals surface area contributed by atoms with Crippen molar-refractivity contribution in [2.45, 2.75) is 39.0 Å². The van der Waals surface area contributed by atoms with Gasteiger partial charge in [-0.3, -0.25) is 0 Å². The molecule has 0 rings (SSSR count). The van der Waals surface area contributed by atoms with Crippen LogP contribution >= 0.6 is 17.0 Å². The van der Waals surface area contributed by atoms with Crippen molar-refractivity contribution in [1.82, 2.24) is 0 Å². The van der Waals surface area contributed by atoms with E-state index >= 15 is 0 Å². The van der Waals surface area contributed by atoms with Gasteiger partial charge in [0.2, 0.25) is 0 Å². The molecule has 0 radical (unpaired) electrons. The summed E-state index contributed by atoms with van der Waals surface area (Å²) < 4.78 is 3.02. The van der Waals surface area contributed by atoms with E-state index in [1.807, 2.05) is 0 Å². The first-order chi connectivity index (χ1) is 4.41. The summed E-state index contributed by atoms with van der Waals surface area (Å²) >= 11 is 1.13. The third-order valence-electron chi connectivity index (χ3n) is 1.28. The predicted molar refractivity (Wildman–Crippen MR) is 46.9 cm³/mol. The molecule has 0 atom stereocenters. The fourth-order valence-corrected chi connectivity index (χ4v) is 1.10. The van der Waals surface area contributed by atoms with E-state index < -0.39 is 0 Å². The molecule has 0 aromatic rings. The van der Waals surface area contributed by atoms with E-state index in [4.69, 9.17) is 0 Å². The first-order valence-corrected chi connectivity index (χ1v) is 5.15. The molecule has 0 bridgehead atoms. The Bertz CT molecular complexity index is 102. The minimum absolute atomic E-state index is 0. The number of hydrogen-bond acceptors (Lipinski definition) is 0. The van der Waals surface area contributed by atoms with Gasteiger partial charge in [0.25, 0.3) is 0 Å². The fourth-order valence-electron chi connectivity index (χ4n) is 0.729. The van der Waals surface area contributed by atoms with Crippen LogP contribution in [0.25, 0.3) is 0 Å². The molecule has 0 aliphatic rings. The summed E-state index contributed by atoms with van der Waals surface area (Å²) in [5, 5.41) is 0. The summed E-state index contributed by atoms with van der Waals surface area (Å²) in [7, 11) is 0. The second-order valence-electron chi connectivity index (χ2n) is 2.16. The Labute approximate surface area is 84.6 Å². The van der Waals surface area contributed by atoms with E-state index in [0.29, 0.717) is 0 Å². The number of rotatable bonds is 4. The van der Waals surface area contributed by atoms with Gasteiger partial charge in [-0.2, -0.15) is 0 Å². The fraction of sp³-hybridized carbons (Fsp3) is 0.750. The molecule has 0 saturated heterocycles. The molecule has 0 N–H and O–H groups in total. The van der Waals surface area contributed by atoms with Crippen LogP contribution < -0.4 is 0 Å². The van der Waals surface area contributed by atoms with E-state index in [9.17, 15) is 0 Å². The molecule has 10 heavy (non-hydrogen) atoms. The molecule has 0 heterocycles. The molecule has 0 fully saturated rings. The molecule has 0 saturated carbocycles. The third kappa shape index (κ3) is 11.5. The molecular formula is C8H14BrZn. The van der Waals surface area contributed by atoms with E-state index in [1.54, 1.807) is 0 Å². The summed E-state index contributed by atoms with van der Waals surface area (Å²) in [5.74, 6) is 3.11. The van der Waals surface area contributed by atoms with Gasteiger partial charge in [0.1, 0.15) is 0 Å². The van der Waals surface area contributed by atoms with Crippen molar-refractivity contribution >= 4 is 17.0 Å². The van der Waals surface area contributed by atoms with Gasteiger partial charge in [0.15, 0.2) is 0 Å². The molecule has 0 spiro atoms. The second-order valence-corrected chi connectivity index (χ2v) is 2.91. The van der Waals surface area contributed by atoms with Gasteiger partial charge in [-0.05, 0) is 0 Å². The molecule has 55 valence electrons. The molecule has 0 aromatic carbocycles. The van der Waals surface area contributed by atoms with Gasteiger partial charge in [-0.25, -0.2) is 0 Å². The molecule has 0 aliphatic carbocycles. The Morgan fingerprint density at radius 3 is 2.40 bits per heavy atom. The Morgan fingerprint density at radius 1 is 1.20 bits per heavy atom. The average molecular weight is 255 g/mol.